The van der Waals surface area contributed by atoms with Crippen molar-refractivity contribution in [1.29, 1.82) is 0 Å². The summed E-state index contributed by atoms with van der Waals surface area (Å²) in [7, 11) is 0. The zero-order valence-electron chi connectivity index (χ0n) is 11.1. The molecule has 2 unspecified atom stereocenters. The monoisotopic (exact) mass is 246 g/mol. The first-order chi connectivity index (χ1) is 8.50. The SMILES string of the molecule is CC1(C)CCCC1NC(=O)C(N)c1ccccc1. The van der Waals surface area contributed by atoms with Gasteiger partial charge in [-0.2, -0.15) is 0 Å². The fourth-order valence-corrected chi connectivity index (χ4v) is 2.67. The van der Waals surface area contributed by atoms with Gasteiger partial charge in [0, 0.05) is 6.04 Å². The van der Waals surface area contributed by atoms with Crippen LogP contribution in [0.4, 0.5) is 0 Å². The summed E-state index contributed by atoms with van der Waals surface area (Å²) in [4.78, 5) is 12.2. The van der Waals surface area contributed by atoms with Crippen LogP contribution < -0.4 is 11.1 Å². The Hall–Kier alpha value is -1.35. The molecule has 1 fully saturated rings. The van der Waals surface area contributed by atoms with Crippen molar-refractivity contribution in [2.45, 2.75) is 45.2 Å². The van der Waals surface area contributed by atoms with Gasteiger partial charge in [-0.3, -0.25) is 4.79 Å². The molecule has 2 rings (SSSR count). The van der Waals surface area contributed by atoms with Gasteiger partial charge in [-0.25, -0.2) is 0 Å². The first-order valence-corrected chi connectivity index (χ1v) is 6.61. The summed E-state index contributed by atoms with van der Waals surface area (Å²) in [5.41, 5.74) is 7.05. The summed E-state index contributed by atoms with van der Waals surface area (Å²) in [6, 6.07) is 9.20. The van der Waals surface area contributed by atoms with Crippen molar-refractivity contribution in [2.24, 2.45) is 11.1 Å². The fraction of sp³-hybridized carbons (Fsp3) is 0.533. The smallest absolute Gasteiger partial charge is 0.241 e. The first kappa shape index (κ1) is 13.1. The van der Waals surface area contributed by atoms with Crippen LogP contribution in [0.3, 0.4) is 0 Å². The van der Waals surface area contributed by atoms with Crippen molar-refractivity contribution in [2.75, 3.05) is 0 Å². The van der Waals surface area contributed by atoms with Crippen molar-refractivity contribution in [3.63, 3.8) is 0 Å². The molecular formula is C15H22N2O. The Morgan fingerprint density at radius 3 is 2.61 bits per heavy atom. The van der Waals surface area contributed by atoms with Gasteiger partial charge in [0.2, 0.25) is 5.91 Å². The van der Waals surface area contributed by atoms with Crippen LogP contribution >= 0.6 is 0 Å². The van der Waals surface area contributed by atoms with E-state index in [2.05, 4.69) is 19.2 Å². The van der Waals surface area contributed by atoms with Crippen molar-refractivity contribution >= 4 is 5.91 Å². The third-order valence-corrected chi connectivity index (χ3v) is 4.01. The van der Waals surface area contributed by atoms with E-state index in [1.807, 2.05) is 30.3 Å². The van der Waals surface area contributed by atoms with E-state index in [9.17, 15) is 4.79 Å². The van der Waals surface area contributed by atoms with Gasteiger partial charge in [-0.05, 0) is 23.8 Å². The van der Waals surface area contributed by atoms with E-state index in [4.69, 9.17) is 5.73 Å². The molecule has 1 aliphatic carbocycles. The lowest BCUT2D eigenvalue weighted by atomic mass is 9.87. The Bertz CT molecular complexity index is 414. The molecule has 1 aromatic rings. The second-order valence-electron chi connectivity index (χ2n) is 5.83. The maximum Gasteiger partial charge on any atom is 0.241 e. The second kappa shape index (κ2) is 5.11. The minimum atomic E-state index is -0.567. The van der Waals surface area contributed by atoms with Gasteiger partial charge in [0.05, 0.1) is 0 Å². The van der Waals surface area contributed by atoms with Gasteiger partial charge < -0.3 is 11.1 Å². The van der Waals surface area contributed by atoms with E-state index in [1.165, 1.54) is 12.8 Å². The van der Waals surface area contributed by atoms with Gasteiger partial charge in [0.15, 0.2) is 0 Å². The minimum Gasteiger partial charge on any atom is -0.351 e. The number of hydrogen-bond acceptors (Lipinski definition) is 2. The summed E-state index contributed by atoms with van der Waals surface area (Å²) in [5.74, 6) is -0.0684. The van der Waals surface area contributed by atoms with Crippen LogP contribution in [0.1, 0.15) is 44.7 Å². The molecule has 0 heterocycles. The molecule has 1 aromatic carbocycles. The Labute approximate surface area is 109 Å². The maximum absolute atomic E-state index is 12.2. The van der Waals surface area contributed by atoms with E-state index in [0.29, 0.717) is 0 Å². The third kappa shape index (κ3) is 2.72. The van der Waals surface area contributed by atoms with Crippen LogP contribution in [0.2, 0.25) is 0 Å². The molecule has 2 atom stereocenters. The van der Waals surface area contributed by atoms with Gasteiger partial charge in [-0.15, -0.1) is 0 Å². The molecule has 0 aliphatic heterocycles. The molecule has 18 heavy (non-hydrogen) atoms. The average Bonchev–Trinajstić information content (AvgIpc) is 2.69. The Morgan fingerprint density at radius 1 is 1.39 bits per heavy atom. The zero-order valence-corrected chi connectivity index (χ0v) is 11.1. The van der Waals surface area contributed by atoms with Crippen molar-refractivity contribution in [3.8, 4) is 0 Å². The largest absolute Gasteiger partial charge is 0.351 e. The molecule has 0 aromatic heterocycles. The second-order valence-corrected chi connectivity index (χ2v) is 5.83. The summed E-state index contributed by atoms with van der Waals surface area (Å²) in [6.07, 6.45) is 3.40. The Morgan fingerprint density at radius 2 is 2.06 bits per heavy atom. The van der Waals surface area contributed by atoms with Gasteiger partial charge in [0.1, 0.15) is 6.04 Å². The lowest BCUT2D eigenvalue weighted by molar-refractivity contribution is -0.123. The van der Waals surface area contributed by atoms with Crippen LogP contribution in [0.25, 0.3) is 0 Å². The van der Waals surface area contributed by atoms with Crippen molar-refractivity contribution in [3.05, 3.63) is 35.9 Å². The average molecular weight is 246 g/mol. The lowest BCUT2D eigenvalue weighted by Gasteiger charge is -2.29. The molecule has 3 heteroatoms. The van der Waals surface area contributed by atoms with Gasteiger partial charge in [-0.1, -0.05) is 50.6 Å². The Kier molecular flexibility index (Phi) is 3.71. The predicted octanol–water partition coefficient (Wildman–Crippen LogP) is 2.38. The van der Waals surface area contributed by atoms with Crippen molar-refractivity contribution < 1.29 is 4.79 Å². The normalized spacial score (nSPS) is 23.6. The van der Waals surface area contributed by atoms with Crippen LogP contribution in [-0.4, -0.2) is 11.9 Å². The number of amides is 1. The van der Waals surface area contributed by atoms with Crippen LogP contribution in [-0.2, 0) is 4.79 Å². The highest BCUT2D eigenvalue weighted by Crippen LogP contribution is 2.37. The number of benzene rings is 1. The molecule has 3 N–H and O–H groups in total. The molecular weight excluding hydrogens is 224 g/mol. The van der Waals surface area contributed by atoms with E-state index < -0.39 is 6.04 Å². The van der Waals surface area contributed by atoms with Crippen LogP contribution in [0.5, 0.6) is 0 Å². The molecule has 1 aliphatic rings. The van der Waals surface area contributed by atoms with E-state index in [0.717, 1.165) is 12.0 Å². The third-order valence-electron chi connectivity index (χ3n) is 4.01. The molecule has 0 radical (unpaired) electrons. The van der Waals surface area contributed by atoms with E-state index in [-0.39, 0.29) is 17.4 Å². The topological polar surface area (TPSA) is 55.1 Å². The van der Waals surface area contributed by atoms with Crippen LogP contribution in [0.15, 0.2) is 30.3 Å². The highest BCUT2D eigenvalue weighted by molar-refractivity contribution is 5.83. The molecule has 1 amide bonds. The maximum atomic E-state index is 12.2. The summed E-state index contributed by atoms with van der Waals surface area (Å²) in [6.45, 7) is 4.41. The molecule has 98 valence electrons. The minimum absolute atomic E-state index is 0.0684. The molecule has 1 saturated carbocycles. The molecule has 0 bridgehead atoms. The molecule has 0 spiro atoms. The number of nitrogens with two attached hydrogens (primary N) is 1. The summed E-state index contributed by atoms with van der Waals surface area (Å²) >= 11 is 0. The lowest BCUT2D eigenvalue weighted by Crippen LogP contribution is -2.45. The molecule has 3 nitrogen and oxygen atoms in total. The zero-order chi connectivity index (χ0) is 13.2. The number of carbonyl (C=O) groups is 1. The van der Waals surface area contributed by atoms with Gasteiger partial charge in [0.25, 0.3) is 0 Å². The number of nitrogens with one attached hydrogen (secondary N) is 1. The predicted molar refractivity (Wildman–Crippen MR) is 72.9 cm³/mol. The van der Waals surface area contributed by atoms with Crippen molar-refractivity contribution in [1.82, 2.24) is 5.32 Å². The standard InChI is InChI=1S/C15H22N2O/c1-15(2)10-6-9-12(15)17-14(18)13(16)11-7-4-3-5-8-11/h3-5,7-8,12-13H,6,9-10,16H2,1-2H3,(H,17,18). The first-order valence-electron chi connectivity index (χ1n) is 6.61. The number of carbonyl (C=O) groups excluding carboxylic acids is 1. The number of rotatable bonds is 3. The highest BCUT2D eigenvalue weighted by atomic mass is 16.2. The fourth-order valence-electron chi connectivity index (χ4n) is 2.67. The molecule has 0 saturated heterocycles. The van der Waals surface area contributed by atoms with E-state index in [1.54, 1.807) is 0 Å². The quantitative estimate of drug-likeness (QED) is 0.860. The van der Waals surface area contributed by atoms with Gasteiger partial charge >= 0.3 is 0 Å². The number of hydrogen-bond donors (Lipinski definition) is 2. The highest BCUT2D eigenvalue weighted by Gasteiger charge is 2.36. The van der Waals surface area contributed by atoms with Crippen LogP contribution in [0, 0.1) is 5.41 Å². The summed E-state index contributed by atoms with van der Waals surface area (Å²) < 4.78 is 0. The van der Waals surface area contributed by atoms with E-state index >= 15 is 0 Å². The summed E-state index contributed by atoms with van der Waals surface area (Å²) in [5, 5.41) is 3.10. The Balaban J connectivity index is 2.00.